The molecule has 2 rings (SSSR count). The van der Waals surface area contributed by atoms with Crippen LogP contribution >= 0.6 is 11.3 Å². The van der Waals surface area contributed by atoms with Gasteiger partial charge in [0.2, 0.25) is 0 Å². The summed E-state index contributed by atoms with van der Waals surface area (Å²) in [6.45, 7) is 2.95. The van der Waals surface area contributed by atoms with Gasteiger partial charge in [-0.15, -0.1) is 11.3 Å². The lowest BCUT2D eigenvalue weighted by molar-refractivity contribution is 0.785. The number of hydrogen-bond donors (Lipinski definition) is 1. The quantitative estimate of drug-likeness (QED) is 0.900. The maximum absolute atomic E-state index is 5.98. The molecule has 0 aliphatic rings. The Morgan fingerprint density at radius 1 is 1.39 bits per heavy atom. The number of thiophene rings is 1. The first kappa shape index (κ1) is 13.1. The summed E-state index contributed by atoms with van der Waals surface area (Å²) in [5.74, 6) is 0.990. The predicted octanol–water partition coefficient (Wildman–Crippen LogP) is 2.84. The number of nitrogens with two attached hydrogens (primary N) is 1. The summed E-state index contributed by atoms with van der Waals surface area (Å²) in [4.78, 5) is 8.03. The summed E-state index contributed by atoms with van der Waals surface area (Å²) in [5.41, 5.74) is 7.08. The molecule has 0 spiro atoms. The van der Waals surface area contributed by atoms with Gasteiger partial charge in [-0.05, 0) is 30.9 Å². The van der Waals surface area contributed by atoms with Crippen molar-refractivity contribution in [2.75, 3.05) is 18.5 Å². The molecule has 0 amide bonds. The minimum Gasteiger partial charge on any atom is -0.359 e. The molecule has 0 aliphatic heterocycles. The fraction of sp³-hybridized carbons (Fsp3) is 0.357. The minimum absolute atomic E-state index is 0.0119. The lowest BCUT2D eigenvalue weighted by atomic mass is 10.1. The van der Waals surface area contributed by atoms with Gasteiger partial charge in [-0.1, -0.05) is 12.1 Å². The van der Waals surface area contributed by atoms with E-state index in [1.807, 2.05) is 19.2 Å². The molecular weight excluding hydrogens is 242 g/mol. The molecule has 0 aliphatic carbocycles. The van der Waals surface area contributed by atoms with Gasteiger partial charge < -0.3 is 10.6 Å². The number of rotatable bonds is 5. The molecule has 2 heterocycles. The van der Waals surface area contributed by atoms with Crippen molar-refractivity contribution in [2.24, 2.45) is 5.73 Å². The Kier molecular flexibility index (Phi) is 4.33. The Hall–Kier alpha value is -1.39. The molecule has 0 radical (unpaired) electrons. The van der Waals surface area contributed by atoms with Crippen LogP contribution in [0.25, 0.3) is 0 Å². The smallest absolute Gasteiger partial charge is 0.133 e. The molecule has 18 heavy (non-hydrogen) atoms. The van der Waals surface area contributed by atoms with Crippen LogP contribution in [0.4, 0.5) is 5.82 Å². The second-order valence-corrected chi connectivity index (χ2v) is 5.49. The molecule has 2 aromatic heterocycles. The van der Waals surface area contributed by atoms with Gasteiger partial charge in [0.25, 0.3) is 0 Å². The highest BCUT2D eigenvalue weighted by atomic mass is 32.1. The van der Waals surface area contributed by atoms with Gasteiger partial charge in [-0.25, -0.2) is 4.98 Å². The van der Waals surface area contributed by atoms with Crippen LogP contribution in [0.5, 0.6) is 0 Å². The van der Waals surface area contributed by atoms with Crippen LogP contribution in [0.3, 0.4) is 0 Å². The molecule has 0 bridgehead atoms. The average molecular weight is 261 g/mol. The largest absolute Gasteiger partial charge is 0.359 e. The second-order valence-electron chi connectivity index (χ2n) is 4.46. The Bertz CT molecular complexity index is 480. The Morgan fingerprint density at radius 2 is 2.22 bits per heavy atom. The highest BCUT2D eigenvalue weighted by Crippen LogP contribution is 2.21. The van der Waals surface area contributed by atoms with E-state index in [9.17, 15) is 0 Å². The first-order valence-corrected chi connectivity index (χ1v) is 7.00. The first-order valence-electron chi connectivity index (χ1n) is 6.12. The van der Waals surface area contributed by atoms with Crippen molar-refractivity contribution in [3.05, 3.63) is 46.3 Å². The van der Waals surface area contributed by atoms with Crippen LogP contribution in [0.15, 0.2) is 35.8 Å². The molecule has 96 valence electrons. The summed E-state index contributed by atoms with van der Waals surface area (Å²) in [6.07, 6.45) is 2.87. The summed E-state index contributed by atoms with van der Waals surface area (Å²) >= 11 is 1.80. The molecular formula is C14H19N3S. The van der Waals surface area contributed by atoms with Gasteiger partial charge in [0.1, 0.15) is 5.82 Å². The summed E-state index contributed by atoms with van der Waals surface area (Å²) in [6, 6.07) is 8.26. The third-order valence-electron chi connectivity index (χ3n) is 2.94. The van der Waals surface area contributed by atoms with Crippen LogP contribution in [0.2, 0.25) is 0 Å². The van der Waals surface area contributed by atoms with Crippen LogP contribution in [-0.2, 0) is 6.42 Å². The van der Waals surface area contributed by atoms with Crippen molar-refractivity contribution < 1.29 is 0 Å². The average Bonchev–Trinajstić information content (AvgIpc) is 2.89. The van der Waals surface area contributed by atoms with Crippen molar-refractivity contribution in [3.63, 3.8) is 0 Å². The Morgan fingerprint density at radius 3 is 2.89 bits per heavy atom. The van der Waals surface area contributed by atoms with E-state index in [-0.39, 0.29) is 6.04 Å². The zero-order valence-electron chi connectivity index (χ0n) is 10.8. The number of nitrogens with zero attached hydrogens (tertiary/aromatic N) is 2. The van der Waals surface area contributed by atoms with E-state index in [1.54, 1.807) is 11.3 Å². The van der Waals surface area contributed by atoms with Crippen LogP contribution in [0.1, 0.15) is 23.4 Å². The monoisotopic (exact) mass is 261 g/mol. The SMILES string of the molecule is CC(N)c1cccnc1N(C)CCc1cccs1. The summed E-state index contributed by atoms with van der Waals surface area (Å²) in [7, 11) is 2.07. The fourth-order valence-electron chi connectivity index (χ4n) is 1.92. The minimum atomic E-state index is 0.0119. The van der Waals surface area contributed by atoms with Gasteiger partial charge in [-0.2, -0.15) is 0 Å². The molecule has 2 aromatic rings. The number of pyridine rings is 1. The van der Waals surface area contributed by atoms with Gasteiger partial charge in [0.05, 0.1) is 0 Å². The van der Waals surface area contributed by atoms with Crippen LogP contribution in [-0.4, -0.2) is 18.6 Å². The van der Waals surface area contributed by atoms with Gasteiger partial charge in [-0.3, -0.25) is 0 Å². The van der Waals surface area contributed by atoms with E-state index >= 15 is 0 Å². The van der Waals surface area contributed by atoms with Crippen molar-refractivity contribution in [1.82, 2.24) is 4.98 Å². The molecule has 2 N–H and O–H groups in total. The zero-order valence-corrected chi connectivity index (χ0v) is 11.7. The van der Waals surface area contributed by atoms with E-state index in [4.69, 9.17) is 5.73 Å². The first-order chi connectivity index (χ1) is 8.68. The van der Waals surface area contributed by atoms with E-state index in [0.717, 1.165) is 24.3 Å². The van der Waals surface area contributed by atoms with E-state index in [0.29, 0.717) is 0 Å². The van der Waals surface area contributed by atoms with Gasteiger partial charge >= 0.3 is 0 Å². The highest BCUT2D eigenvalue weighted by Gasteiger charge is 2.11. The van der Waals surface area contributed by atoms with Crippen molar-refractivity contribution in [2.45, 2.75) is 19.4 Å². The number of hydrogen-bond acceptors (Lipinski definition) is 4. The number of likely N-dealkylation sites (N-methyl/N-ethyl adjacent to an activating group) is 1. The molecule has 0 saturated heterocycles. The molecule has 1 atom stereocenters. The lowest BCUT2D eigenvalue weighted by Gasteiger charge is -2.22. The fourth-order valence-corrected chi connectivity index (χ4v) is 2.62. The van der Waals surface area contributed by atoms with Gasteiger partial charge in [0.15, 0.2) is 0 Å². The molecule has 1 unspecified atom stereocenters. The van der Waals surface area contributed by atoms with E-state index in [2.05, 4.69) is 40.5 Å². The van der Waals surface area contributed by atoms with Crippen molar-refractivity contribution in [3.8, 4) is 0 Å². The standard InChI is InChI=1S/C14H19N3S/c1-11(15)13-6-3-8-16-14(13)17(2)9-7-12-5-4-10-18-12/h3-6,8,10-11H,7,9,15H2,1-2H3. The lowest BCUT2D eigenvalue weighted by Crippen LogP contribution is -2.24. The maximum Gasteiger partial charge on any atom is 0.133 e. The maximum atomic E-state index is 5.98. The Balaban J connectivity index is 2.06. The van der Waals surface area contributed by atoms with E-state index in [1.165, 1.54) is 4.88 Å². The highest BCUT2D eigenvalue weighted by molar-refractivity contribution is 7.09. The molecule has 4 heteroatoms. The third-order valence-corrected chi connectivity index (χ3v) is 3.88. The normalized spacial score (nSPS) is 12.4. The second kappa shape index (κ2) is 5.98. The van der Waals surface area contributed by atoms with E-state index < -0.39 is 0 Å². The third kappa shape index (κ3) is 3.09. The van der Waals surface area contributed by atoms with Crippen LogP contribution < -0.4 is 10.6 Å². The van der Waals surface area contributed by atoms with Crippen molar-refractivity contribution >= 4 is 17.2 Å². The predicted molar refractivity (Wildman–Crippen MR) is 78.1 cm³/mol. The molecule has 0 saturated carbocycles. The molecule has 0 aromatic carbocycles. The van der Waals surface area contributed by atoms with Crippen LogP contribution in [0, 0.1) is 0 Å². The number of aromatic nitrogens is 1. The topological polar surface area (TPSA) is 42.1 Å². The number of anilines is 1. The Labute approximate surface area is 112 Å². The zero-order chi connectivity index (χ0) is 13.0. The molecule has 3 nitrogen and oxygen atoms in total. The van der Waals surface area contributed by atoms with Crippen molar-refractivity contribution in [1.29, 1.82) is 0 Å². The molecule has 0 fully saturated rings. The summed E-state index contributed by atoms with van der Waals surface area (Å²) < 4.78 is 0. The van der Waals surface area contributed by atoms with Gasteiger partial charge in [0, 0.05) is 36.3 Å². The summed E-state index contributed by atoms with van der Waals surface area (Å²) in [5, 5.41) is 2.11.